The number of hydrogen-bond donors (Lipinski definition) is 1. The second kappa shape index (κ2) is 9.74. The van der Waals surface area contributed by atoms with Crippen molar-refractivity contribution in [3.8, 4) is 11.1 Å². The molecule has 0 spiro atoms. The molecule has 0 aliphatic carbocycles. The minimum absolute atomic E-state index is 0.0315. The predicted molar refractivity (Wildman–Crippen MR) is 145 cm³/mol. The number of hydroxylamine groups is 2. The molecule has 9 heteroatoms. The van der Waals surface area contributed by atoms with Crippen LogP contribution in [0.15, 0.2) is 70.4 Å². The summed E-state index contributed by atoms with van der Waals surface area (Å²) in [4.78, 5) is 45.7. The molecule has 1 amide bonds. The molecule has 198 valence electrons. The Labute approximate surface area is 220 Å². The zero-order chi connectivity index (χ0) is 27.2. The summed E-state index contributed by atoms with van der Waals surface area (Å²) in [5.41, 5.74) is 1.45. The molecule has 38 heavy (non-hydrogen) atoms. The lowest BCUT2D eigenvalue weighted by molar-refractivity contribution is -0.0801. The topological polar surface area (TPSA) is 98.7 Å². The van der Waals surface area contributed by atoms with Gasteiger partial charge < -0.3 is 9.67 Å². The van der Waals surface area contributed by atoms with Crippen molar-refractivity contribution >= 4 is 16.8 Å². The first kappa shape index (κ1) is 25.7. The van der Waals surface area contributed by atoms with Crippen LogP contribution >= 0.6 is 0 Å². The van der Waals surface area contributed by atoms with Gasteiger partial charge in [0.2, 0.25) is 0 Å². The van der Waals surface area contributed by atoms with Crippen molar-refractivity contribution in [1.82, 2.24) is 18.8 Å². The zero-order valence-electron chi connectivity index (χ0n) is 22.0. The van der Waals surface area contributed by atoms with E-state index in [2.05, 4.69) is 0 Å². The molecular weight excluding hydrogens is 484 g/mol. The molecule has 1 unspecified atom stereocenters. The van der Waals surface area contributed by atoms with E-state index in [0.29, 0.717) is 18.6 Å². The summed E-state index contributed by atoms with van der Waals surface area (Å²) in [5, 5.41) is 11.6. The van der Waals surface area contributed by atoms with Crippen LogP contribution in [0.25, 0.3) is 22.0 Å². The van der Waals surface area contributed by atoms with Crippen LogP contribution in [0, 0.1) is 5.92 Å². The fourth-order valence-electron chi connectivity index (χ4n) is 4.89. The molecule has 1 fully saturated rings. The monoisotopic (exact) mass is 516 g/mol. The summed E-state index contributed by atoms with van der Waals surface area (Å²) < 4.78 is 4.30. The molecule has 0 radical (unpaired) electrons. The minimum atomic E-state index is -1.19. The highest BCUT2D eigenvalue weighted by atomic mass is 16.7. The summed E-state index contributed by atoms with van der Waals surface area (Å²) in [6.07, 6.45) is 1.70. The van der Waals surface area contributed by atoms with Gasteiger partial charge >= 0.3 is 5.69 Å². The lowest BCUT2D eigenvalue weighted by Crippen LogP contribution is -2.40. The molecule has 9 nitrogen and oxygen atoms in total. The minimum Gasteiger partial charge on any atom is -0.386 e. The molecule has 0 saturated carbocycles. The summed E-state index contributed by atoms with van der Waals surface area (Å²) in [7, 11) is 1.42. The lowest BCUT2D eigenvalue weighted by atomic mass is 10.0. The van der Waals surface area contributed by atoms with E-state index in [4.69, 9.17) is 4.84 Å². The first-order chi connectivity index (χ1) is 18.1. The van der Waals surface area contributed by atoms with E-state index < -0.39 is 22.8 Å². The van der Waals surface area contributed by atoms with Crippen molar-refractivity contribution in [2.24, 2.45) is 13.0 Å². The Bertz CT molecular complexity index is 1610. The standard InChI is InChI=1S/C29H32N4O5/c1-19(2)14-32-23-16-31(15-20-10-12-22(13-11-20)21-8-6-5-7-9-21)25(24(23)26(34)30(4)28(32)36)27(35)33-17-29(3,37)18-38-33/h5-13,16,19,37H,14-15,17-18H2,1-4H3. The molecule has 3 heterocycles. The number of benzene rings is 2. The van der Waals surface area contributed by atoms with E-state index in [1.54, 1.807) is 22.3 Å². The van der Waals surface area contributed by atoms with Crippen LogP contribution in [0.4, 0.5) is 0 Å². The average Bonchev–Trinajstić information content (AvgIpc) is 3.45. The van der Waals surface area contributed by atoms with Crippen molar-refractivity contribution in [2.45, 2.75) is 39.5 Å². The third-order valence-electron chi connectivity index (χ3n) is 6.79. The van der Waals surface area contributed by atoms with Gasteiger partial charge in [0.1, 0.15) is 17.9 Å². The summed E-state index contributed by atoms with van der Waals surface area (Å²) in [6.45, 7) is 6.19. The Morgan fingerprint density at radius 3 is 2.32 bits per heavy atom. The Hall–Kier alpha value is -3.95. The van der Waals surface area contributed by atoms with Gasteiger partial charge in [-0.1, -0.05) is 68.4 Å². The van der Waals surface area contributed by atoms with Crippen molar-refractivity contribution < 1.29 is 14.7 Å². The maximum atomic E-state index is 13.8. The van der Waals surface area contributed by atoms with Crippen LogP contribution in [-0.2, 0) is 25.0 Å². The number of amides is 1. The zero-order valence-corrected chi connectivity index (χ0v) is 22.0. The van der Waals surface area contributed by atoms with Gasteiger partial charge in [0.05, 0.1) is 17.4 Å². The lowest BCUT2D eigenvalue weighted by Gasteiger charge is -2.18. The molecule has 4 aromatic rings. The number of aliphatic hydroxyl groups is 1. The van der Waals surface area contributed by atoms with Gasteiger partial charge in [0, 0.05) is 26.3 Å². The fourth-order valence-corrected chi connectivity index (χ4v) is 4.89. The molecule has 1 aliphatic heterocycles. The van der Waals surface area contributed by atoms with Gasteiger partial charge in [-0.15, -0.1) is 0 Å². The third kappa shape index (κ3) is 4.70. The van der Waals surface area contributed by atoms with E-state index in [1.165, 1.54) is 7.05 Å². The summed E-state index contributed by atoms with van der Waals surface area (Å²) in [6, 6.07) is 18.0. The summed E-state index contributed by atoms with van der Waals surface area (Å²) in [5.74, 6) is -0.399. The first-order valence-corrected chi connectivity index (χ1v) is 12.7. The van der Waals surface area contributed by atoms with Gasteiger partial charge in [-0.3, -0.25) is 23.6 Å². The maximum absolute atomic E-state index is 13.8. The first-order valence-electron chi connectivity index (χ1n) is 12.7. The largest absolute Gasteiger partial charge is 0.386 e. The predicted octanol–water partition coefficient (Wildman–Crippen LogP) is 3.01. The summed E-state index contributed by atoms with van der Waals surface area (Å²) >= 11 is 0. The number of fused-ring (bicyclic) bond motifs is 1. The Balaban J connectivity index is 1.65. The van der Waals surface area contributed by atoms with Crippen LogP contribution in [0.2, 0.25) is 0 Å². The van der Waals surface area contributed by atoms with E-state index in [9.17, 15) is 19.5 Å². The third-order valence-corrected chi connectivity index (χ3v) is 6.79. The molecule has 1 aliphatic rings. The van der Waals surface area contributed by atoms with Gasteiger partial charge in [-0.25, -0.2) is 9.86 Å². The smallest absolute Gasteiger partial charge is 0.331 e. The van der Waals surface area contributed by atoms with Crippen LogP contribution in [0.1, 0.15) is 36.8 Å². The van der Waals surface area contributed by atoms with Gasteiger partial charge in [-0.05, 0) is 29.5 Å². The second-order valence-corrected chi connectivity index (χ2v) is 10.7. The van der Waals surface area contributed by atoms with Crippen molar-refractivity contribution in [1.29, 1.82) is 0 Å². The van der Waals surface area contributed by atoms with Crippen LogP contribution in [0.5, 0.6) is 0 Å². The average molecular weight is 517 g/mol. The van der Waals surface area contributed by atoms with Crippen LogP contribution in [-0.4, -0.2) is 48.5 Å². The van der Waals surface area contributed by atoms with Crippen molar-refractivity contribution in [3.05, 3.63) is 92.9 Å². The molecule has 5 rings (SSSR count). The number of carbonyl (C=O) groups is 1. The van der Waals surface area contributed by atoms with Crippen LogP contribution < -0.4 is 11.2 Å². The van der Waals surface area contributed by atoms with E-state index >= 15 is 0 Å². The Kier molecular flexibility index (Phi) is 6.58. The van der Waals surface area contributed by atoms with E-state index in [-0.39, 0.29) is 30.1 Å². The number of β-amino-alcohol motifs (C(OH)–C–C–N with tert-alkyl or cyclic N) is 1. The van der Waals surface area contributed by atoms with Crippen molar-refractivity contribution in [2.75, 3.05) is 13.2 Å². The number of nitrogens with zero attached hydrogens (tertiary/aromatic N) is 4. The Morgan fingerprint density at radius 1 is 1.05 bits per heavy atom. The van der Waals surface area contributed by atoms with Gasteiger partial charge in [-0.2, -0.15) is 0 Å². The van der Waals surface area contributed by atoms with E-state index in [1.807, 2.05) is 68.4 Å². The highest BCUT2D eigenvalue weighted by molar-refractivity contribution is 6.05. The number of rotatable bonds is 6. The quantitative estimate of drug-likeness (QED) is 0.425. The second-order valence-electron chi connectivity index (χ2n) is 10.7. The molecule has 1 saturated heterocycles. The van der Waals surface area contributed by atoms with Gasteiger partial charge in [0.25, 0.3) is 11.5 Å². The maximum Gasteiger partial charge on any atom is 0.331 e. The van der Waals surface area contributed by atoms with Crippen molar-refractivity contribution in [3.63, 3.8) is 0 Å². The molecular formula is C29H32N4O5. The molecule has 0 bridgehead atoms. The highest BCUT2D eigenvalue weighted by Gasteiger charge is 2.38. The molecule has 2 aromatic heterocycles. The molecule has 2 aromatic carbocycles. The van der Waals surface area contributed by atoms with Crippen LogP contribution in [0.3, 0.4) is 0 Å². The number of aromatic nitrogens is 3. The van der Waals surface area contributed by atoms with Gasteiger partial charge in [0.15, 0.2) is 0 Å². The molecule has 1 atom stereocenters. The number of carbonyl (C=O) groups excluding carboxylic acids is 1. The number of hydrogen-bond acceptors (Lipinski definition) is 5. The fraction of sp³-hybridized carbons (Fsp3) is 0.345. The molecule has 1 N–H and O–H groups in total. The highest BCUT2D eigenvalue weighted by Crippen LogP contribution is 2.26. The Morgan fingerprint density at radius 2 is 1.71 bits per heavy atom. The van der Waals surface area contributed by atoms with E-state index in [0.717, 1.165) is 26.3 Å². The SMILES string of the molecule is CC(C)Cn1c(=O)n(C)c(=O)c2c(C(=O)N3CC(C)(O)CO3)n(Cc3ccc(-c4ccccc4)cc3)cc21. The normalized spacial score (nSPS) is 17.6.